The van der Waals surface area contributed by atoms with E-state index in [0.29, 0.717) is 17.9 Å². The topological polar surface area (TPSA) is 85.7 Å². The molecule has 1 amide bonds. The van der Waals surface area contributed by atoms with Gasteiger partial charge in [0.05, 0.1) is 34.4 Å². The van der Waals surface area contributed by atoms with E-state index in [-0.39, 0.29) is 11.8 Å². The maximum Gasteiger partial charge on any atom is 0.223 e. The third-order valence-electron chi connectivity index (χ3n) is 5.24. The Kier molecular flexibility index (Phi) is 3.04. The molecule has 3 heterocycles. The molecule has 1 aromatic carbocycles. The Hall–Kier alpha value is -2.94. The predicted octanol–water partition coefficient (Wildman–Crippen LogP) is 2.71. The highest BCUT2D eigenvalue weighted by Gasteiger charge is 2.35. The van der Waals surface area contributed by atoms with E-state index < -0.39 is 0 Å². The van der Waals surface area contributed by atoms with Crippen molar-refractivity contribution in [1.82, 2.24) is 19.9 Å². The molecule has 1 atom stereocenters. The summed E-state index contributed by atoms with van der Waals surface area (Å²) in [4.78, 5) is 26.8. The highest BCUT2D eigenvalue weighted by atomic mass is 16.2. The number of nitriles is 1. The maximum atomic E-state index is 12.3. The van der Waals surface area contributed by atoms with E-state index in [9.17, 15) is 4.79 Å². The van der Waals surface area contributed by atoms with E-state index in [1.165, 1.54) is 12.8 Å². The highest BCUT2D eigenvalue weighted by molar-refractivity contribution is 6.02. The Balaban J connectivity index is 1.53. The molecule has 2 fully saturated rings. The summed E-state index contributed by atoms with van der Waals surface area (Å²) >= 11 is 0. The van der Waals surface area contributed by atoms with Gasteiger partial charge in [0.2, 0.25) is 5.91 Å². The van der Waals surface area contributed by atoms with Crippen LogP contribution in [-0.4, -0.2) is 38.8 Å². The lowest BCUT2D eigenvalue weighted by molar-refractivity contribution is -0.127. The number of carbonyl (C=O) groups excluding carboxylic acids is 1. The van der Waals surface area contributed by atoms with Gasteiger partial charge >= 0.3 is 0 Å². The Labute approximate surface area is 144 Å². The molecular weight excluding hydrogens is 314 g/mol. The summed E-state index contributed by atoms with van der Waals surface area (Å²) in [6, 6.07) is 7.60. The molecule has 1 saturated carbocycles. The van der Waals surface area contributed by atoms with Crippen LogP contribution in [0.1, 0.15) is 36.6 Å². The van der Waals surface area contributed by atoms with Gasteiger partial charge in [-0.3, -0.25) is 9.78 Å². The molecule has 0 bridgehead atoms. The van der Waals surface area contributed by atoms with Crippen molar-refractivity contribution >= 4 is 27.8 Å². The number of aromatic nitrogens is 3. The van der Waals surface area contributed by atoms with Crippen LogP contribution in [0.2, 0.25) is 0 Å². The minimum atomic E-state index is 0.104. The average Bonchev–Trinajstić information content (AvgIpc) is 3.21. The van der Waals surface area contributed by atoms with Crippen LogP contribution in [0.5, 0.6) is 0 Å². The highest BCUT2D eigenvalue weighted by Crippen LogP contribution is 2.34. The largest absolute Gasteiger partial charge is 0.342 e. The fourth-order valence-electron chi connectivity index (χ4n) is 3.68. The number of amides is 1. The smallest absolute Gasteiger partial charge is 0.223 e. The van der Waals surface area contributed by atoms with Gasteiger partial charge < -0.3 is 9.88 Å². The normalized spacial score (nSPS) is 20.5. The number of likely N-dealkylation sites (tertiary alicyclic amines) is 1. The summed E-state index contributed by atoms with van der Waals surface area (Å²) in [5.74, 6) is 1.88. The van der Waals surface area contributed by atoms with Gasteiger partial charge in [-0.15, -0.1) is 0 Å². The number of nitrogens with zero attached hydrogens (tertiary/aromatic N) is 4. The molecule has 5 rings (SSSR count). The summed E-state index contributed by atoms with van der Waals surface area (Å²) in [5, 5.41) is 10.0. The van der Waals surface area contributed by atoms with Gasteiger partial charge in [-0.1, -0.05) is 0 Å². The van der Waals surface area contributed by atoms with Crippen LogP contribution in [0, 0.1) is 17.2 Å². The first-order valence-electron chi connectivity index (χ1n) is 8.67. The number of hydrogen-bond donors (Lipinski definition) is 1. The lowest BCUT2D eigenvalue weighted by Gasteiger charge is -2.15. The number of nitrogens with one attached hydrogen (secondary N) is 1. The Bertz CT molecular complexity index is 1040. The van der Waals surface area contributed by atoms with Gasteiger partial charge in [0.1, 0.15) is 5.82 Å². The molecule has 0 unspecified atom stereocenters. The molecule has 1 saturated heterocycles. The quantitative estimate of drug-likeness (QED) is 0.799. The standard InChI is InChI=1S/C19H17N5O/c20-7-12-3-4-15-14(5-12)18-16(8-21-15)22-19(23-18)13-6-17(25)24(10-13)9-11-1-2-11/h3-5,8,11,13H,1-2,6,9-10H2,(H,22,23)/t13-/m0/s1. The lowest BCUT2D eigenvalue weighted by Crippen LogP contribution is -2.27. The van der Waals surface area contributed by atoms with Gasteiger partial charge in [0.15, 0.2) is 0 Å². The molecule has 25 heavy (non-hydrogen) atoms. The number of hydrogen-bond acceptors (Lipinski definition) is 4. The number of fused-ring (bicyclic) bond motifs is 3. The molecule has 0 radical (unpaired) electrons. The number of pyridine rings is 1. The average molecular weight is 331 g/mol. The fraction of sp³-hybridized carbons (Fsp3) is 0.368. The second-order valence-electron chi connectivity index (χ2n) is 7.13. The molecule has 1 aliphatic heterocycles. The lowest BCUT2D eigenvalue weighted by atomic mass is 10.1. The molecule has 3 aromatic rings. The van der Waals surface area contributed by atoms with Crippen LogP contribution >= 0.6 is 0 Å². The minimum absolute atomic E-state index is 0.104. The SMILES string of the molecule is N#Cc1ccc2ncc3[nH]c([C@H]4CC(=O)N(CC5CC5)C4)nc3c2c1. The fourth-order valence-corrected chi connectivity index (χ4v) is 3.68. The first-order chi connectivity index (χ1) is 12.2. The third kappa shape index (κ3) is 2.43. The Morgan fingerprint density at radius 1 is 1.36 bits per heavy atom. The molecule has 1 N–H and O–H groups in total. The van der Waals surface area contributed by atoms with Gasteiger partial charge in [0.25, 0.3) is 0 Å². The van der Waals surface area contributed by atoms with Crippen LogP contribution in [-0.2, 0) is 4.79 Å². The first-order valence-corrected chi connectivity index (χ1v) is 8.67. The van der Waals surface area contributed by atoms with Crippen molar-refractivity contribution in [3.63, 3.8) is 0 Å². The maximum absolute atomic E-state index is 12.3. The van der Waals surface area contributed by atoms with Crippen LogP contribution in [0.15, 0.2) is 24.4 Å². The number of benzene rings is 1. The summed E-state index contributed by atoms with van der Waals surface area (Å²) in [7, 11) is 0. The van der Waals surface area contributed by atoms with Crippen molar-refractivity contribution in [2.75, 3.05) is 13.1 Å². The molecule has 0 spiro atoms. The van der Waals surface area contributed by atoms with E-state index in [1.54, 1.807) is 12.3 Å². The van der Waals surface area contributed by atoms with E-state index in [0.717, 1.165) is 40.9 Å². The zero-order chi connectivity index (χ0) is 17.0. The summed E-state index contributed by atoms with van der Waals surface area (Å²) < 4.78 is 0. The zero-order valence-corrected chi connectivity index (χ0v) is 13.7. The number of rotatable bonds is 3. The second-order valence-corrected chi connectivity index (χ2v) is 7.13. The van der Waals surface area contributed by atoms with Crippen LogP contribution in [0.4, 0.5) is 0 Å². The van der Waals surface area contributed by atoms with Crippen LogP contribution in [0.25, 0.3) is 21.9 Å². The number of aromatic amines is 1. The van der Waals surface area contributed by atoms with Crippen LogP contribution < -0.4 is 0 Å². The van der Waals surface area contributed by atoms with Gasteiger partial charge in [0, 0.05) is 30.8 Å². The van der Waals surface area contributed by atoms with Crippen molar-refractivity contribution in [2.45, 2.75) is 25.2 Å². The van der Waals surface area contributed by atoms with E-state index in [2.05, 4.69) is 16.0 Å². The zero-order valence-electron chi connectivity index (χ0n) is 13.7. The summed E-state index contributed by atoms with van der Waals surface area (Å²) in [6.45, 7) is 1.63. The molecule has 2 aromatic heterocycles. The molecule has 6 heteroatoms. The Morgan fingerprint density at radius 3 is 3.04 bits per heavy atom. The van der Waals surface area contributed by atoms with Crippen molar-refractivity contribution in [3.05, 3.63) is 35.8 Å². The van der Waals surface area contributed by atoms with E-state index in [4.69, 9.17) is 10.2 Å². The monoisotopic (exact) mass is 331 g/mol. The summed E-state index contributed by atoms with van der Waals surface area (Å²) in [6.07, 6.45) is 4.79. The van der Waals surface area contributed by atoms with Crippen molar-refractivity contribution in [2.24, 2.45) is 5.92 Å². The molecule has 2 aliphatic rings. The van der Waals surface area contributed by atoms with E-state index in [1.807, 2.05) is 17.0 Å². The number of carbonyl (C=O) groups is 1. The van der Waals surface area contributed by atoms with Crippen LogP contribution in [0.3, 0.4) is 0 Å². The van der Waals surface area contributed by atoms with E-state index >= 15 is 0 Å². The van der Waals surface area contributed by atoms with Gasteiger partial charge in [-0.05, 0) is 37.0 Å². The third-order valence-corrected chi connectivity index (χ3v) is 5.24. The van der Waals surface area contributed by atoms with Crippen molar-refractivity contribution < 1.29 is 4.79 Å². The van der Waals surface area contributed by atoms with Gasteiger partial charge in [-0.25, -0.2) is 4.98 Å². The van der Waals surface area contributed by atoms with Crippen molar-refractivity contribution in [1.29, 1.82) is 5.26 Å². The predicted molar refractivity (Wildman–Crippen MR) is 92.8 cm³/mol. The molecular formula is C19H17N5O. The van der Waals surface area contributed by atoms with Gasteiger partial charge in [-0.2, -0.15) is 5.26 Å². The molecule has 1 aliphatic carbocycles. The molecule has 6 nitrogen and oxygen atoms in total. The second kappa shape index (κ2) is 5.28. The number of H-pyrrole nitrogens is 1. The molecule has 124 valence electrons. The Morgan fingerprint density at radius 2 is 2.24 bits per heavy atom. The minimum Gasteiger partial charge on any atom is -0.342 e. The first kappa shape index (κ1) is 14.4. The summed E-state index contributed by atoms with van der Waals surface area (Å²) in [5.41, 5.74) is 3.09. The number of imidazole rings is 1. The van der Waals surface area contributed by atoms with Crippen molar-refractivity contribution in [3.8, 4) is 6.07 Å².